The summed E-state index contributed by atoms with van der Waals surface area (Å²) in [4.78, 5) is 2.10. The minimum atomic E-state index is -0.216. The van der Waals surface area contributed by atoms with Gasteiger partial charge in [0.25, 0.3) is 0 Å². The molecule has 0 spiro atoms. The third kappa shape index (κ3) is 3.37. The number of alkyl halides is 1. The van der Waals surface area contributed by atoms with E-state index in [2.05, 4.69) is 55.8 Å². The lowest BCUT2D eigenvalue weighted by Gasteiger charge is -2.26. The van der Waals surface area contributed by atoms with E-state index >= 15 is 0 Å². The molecule has 0 aromatic heterocycles. The number of hydrogen-bond acceptors (Lipinski definition) is 1. The maximum atomic E-state index is 13.4. The Bertz CT molecular complexity index is 572. The summed E-state index contributed by atoms with van der Waals surface area (Å²) in [5, 5.41) is 0.765. The van der Waals surface area contributed by atoms with Crippen LogP contribution in [0.3, 0.4) is 0 Å². The van der Waals surface area contributed by atoms with Gasteiger partial charge in [0.05, 0.1) is 0 Å². The monoisotopic (exact) mass is 385 g/mol. The van der Waals surface area contributed by atoms with Crippen LogP contribution in [0.15, 0.2) is 46.9 Å². The second-order valence-electron chi connectivity index (χ2n) is 4.13. The van der Waals surface area contributed by atoms with Crippen molar-refractivity contribution in [3.8, 4) is 0 Å². The van der Waals surface area contributed by atoms with E-state index in [1.165, 1.54) is 11.6 Å². The summed E-state index contributed by atoms with van der Waals surface area (Å²) in [6, 6.07) is 12.8. The highest BCUT2D eigenvalue weighted by Crippen LogP contribution is 2.32. The van der Waals surface area contributed by atoms with Gasteiger partial charge in [-0.3, -0.25) is 0 Å². The van der Waals surface area contributed by atoms with Crippen molar-refractivity contribution in [3.63, 3.8) is 0 Å². The highest BCUT2D eigenvalue weighted by molar-refractivity contribution is 9.10. The average Bonchev–Trinajstić information content (AvgIpc) is 2.40. The molecule has 0 N–H and O–H groups in total. The first-order valence-electron chi connectivity index (χ1n) is 6.03. The molecule has 0 saturated heterocycles. The molecule has 0 saturated carbocycles. The number of benzene rings is 2. The zero-order chi connectivity index (χ0) is 13.8. The zero-order valence-corrected chi connectivity index (χ0v) is 13.7. The SMILES string of the molecule is CCN(c1cccc(F)c1)c1cc(Br)ccc1CBr. The van der Waals surface area contributed by atoms with Crippen molar-refractivity contribution in [2.75, 3.05) is 11.4 Å². The third-order valence-corrected chi connectivity index (χ3v) is 4.02. The molecule has 0 fully saturated rings. The topological polar surface area (TPSA) is 3.24 Å². The number of nitrogens with zero attached hydrogens (tertiary/aromatic N) is 1. The smallest absolute Gasteiger partial charge is 0.125 e. The summed E-state index contributed by atoms with van der Waals surface area (Å²) in [5.74, 6) is -0.216. The molecule has 0 aliphatic carbocycles. The summed E-state index contributed by atoms with van der Waals surface area (Å²) in [6.45, 7) is 2.84. The zero-order valence-electron chi connectivity index (χ0n) is 10.5. The molecule has 0 radical (unpaired) electrons. The lowest BCUT2D eigenvalue weighted by atomic mass is 10.1. The van der Waals surface area contributed by atoms with Crippen LogP contribution in [0, 0.1) is 5.82 Å². The molecule has 0 aliphatic rings. The van der Waals surface area contributed by atoms with E-state index in [-0.39, 0.29) is 5.82 Å². The second kappa shape index (κ2) is 6.53. The summed E-state index contributed by atoms with van der Waals surface area (Å²) < 4.78 is 14.4. The molecule has 0 aliphatic heterocycles. The molecule has 0 heterocycles. The van der Waals surface area contributed by atoms with Crippen LogP contribution in [0.4, 0.5) is 15.8 Å². The van der Waals surface area contributed by atoms with Crippen molar-refractivity contribution in [1.82, 2.24) is 0 Å². The van der Waals surface area contributed by atoms with E-state index in [9.17, 15) is 4.39 Å². The average molecular weight is 387 g/mol. The van der Waals surface area contributed by atoms with Gasteiger partial charge in [-0.2, -0.15) is 0 Å². The second-order valence-corrected chi connectivity index (χ2v) is 5.61. The van der Waals surface area contributed by atoms with Crippen molar-refractivity contribution in [3.05, 3.63) is 58.3 Å². The van der Waals surface area contributed by atoms with Gasteiger partial charge in [-0.05, 0) is 42.8 Å². The fraction of sp³-hybridized carbons (Fsp3) is 0.200. The maximum Gasteiger partial charge on any atom is 0.125 e. The Kier molecular flexibility index (Phi) is 4.99. The molecule has 100 valence electrons. The Morgan fingerprint density at radius 2 is 1.95 bits per heavy atom. The Balaban J connectivity index is 2.50. The van der Waals surface area contributed by atoms with Crippen molar-refractivity contribution in [1.29, 1.82) is 0 Å². The Morgan fingerprint density at radius 1 is 1.16 bits per heavy atom. The summed E-state index contributed by atoms with van der Waals surface area (Å²) in [5.41, 5.74) is 3.12. The van der Waals surface area contributed by atoms with Crippen LogP contribution >= 0.6 is 31.9 Å². The van der Waals surface area contributed by atoms with Crippen molar-refractivity contribution >= 4 is 43.2 Å². The van der Waals surface area contributed by atoms with Crippen LogP contribution in [0.5, 0.6) is 0 Å². The van der Waals surface area contributed by atoms with E-state index < -0.39 is 0 Å². The van der Waals surface area contributed by atoms with Crippen molar-refractivity contribution < 1.29 is 4.39 Å². The van der Waals surface area contributed by atoms with Gasteiger partial charge >= 0.3 is 0 Å². The first-order chi connectivity index (χ1) is 9.15. The Hall–Kier alpha value is -0.870. The van der Waals surface area contributed by atoms with Crippen molar-refractivity contribution in [2.45, 2.75) is 12.3 Å². The molecular formula is C15H14Br2FN. The Morgan fingerprint density at radius 3 is 2.58 bits per heavy atom. The highest BCUT2D eigenvalue weighted by atomic mass is 79.9. The van der Waals surface area contributed by atoms with Gasteiger partial charge in [-0.15, -0.1) is 0 Å². The van der Waals surface area contributed by atoms with Gasteiger partial charge in [0.15, 0.2) is 0 Å². The standard InChI is InChI=1S/C15H14Br2FN/c1-2-19(14-5-3-4-13(18)9-14)15-8-12(17)7-6-11(15)10-16/h3-9H,2,10H2,1H3. The minimum absolute atomic E-state index is 0.216. The predicted molar refractivity (Wildman–Crippen MR) is 85.9 cm³/mol. The third-order valence-electron chi connectivity index (χ3n) is 2.92. The Labute approximate surface area is 129 Å². The molecule has 2 rings (SSSR count). The van der Waals surface area contributed by atoms with Gasteiger partial charge < -0.3 is 4.90 Å². The summed E-state index contributed by atoms with van der Waals surface area (Å²) in [7, 11) is 0. The van der Waals surface area contributed by atoms with E-state index in [1.807, 2.05) is 12.1 Å². The molecular weight excluding hydrogens is 373 g/mol. The lowest BCUT2D eigenvalue weighted by molar-refractivity contribution is 0.627. The number of halogens is 3. The van der Waals surface area contributed by atoms with Crippen LogP contribution in [0.25, 0.3) is 0 Å². The van der Waals surface area contributed by atoms with Gasteiger partial charge in [-0.1, -0.05) is 44.0 Å². The lowest BCUT2D eigenvalue weighted by Crippen LogP contribution is -2.17. The predicted octanol–water partition coefficient (Wildman–Crippen LogP) is 5.64. The summed E-state index contributed by atoms with van der Waals surface area (Å²) >= 11 is 7.00. The van der Waals surface area contributed by atoms with Crippen LogP contribution in [0.2, 0.25) is 0 Å². The fourth-order valence-corrected chi connectivity index (χ4v) is 2.86. The normalized spacial score (nSPS) is 10.5. The molecule has 1 nitrogen and oxygen atoms in total. The van der Waals surface area contributed by atoms with Gasteiger partial charge in [0.1, 0.15) is 5.82 Å². The molecule has 2 aromatic carbocycles. The van der Waals surface area contributed by atoms with Crippen LogP contribution in [-0.2, 0) is 5.33 Å². The molecule has 19 heavy (non-hydrogen) atoms. The number of rotatable bonds is 4. The minimum Gasteiger partial charge on any atom is -0.341 e. The van der Waals surface area contributed by atoms with Crippen LogP contribution in [0.1, 0.15) is 12.5 Å². The number of anilines is 2. The van der Waals surface area contributed by atoms with E-state index in [0.717, 1.165) is 27.7 Å². The van der Waals surface area contributed by atoms with Crippen LogP contribution < -0.4 is 4.90 Å². The van der Waals surface area contributed by atoms with Crippen LogP contribution in [-0.4, -0.2) is 6.54 Å². The molecule has 0 bridgehead atoms. The van der Waals surface area contributed by atoms with Crippen molar-refractivity contribution in [2.24, 2.45) is 0 Å². The maximum absolute atomic E-state index is 13.4. The molecule has 2 aromatic rings. The first-order valence-corrected chi connectivity index (χ1v) is 7.94. The molecule has 0 amide bonds. The van der Waals surface area contributed by atoms with Gasteiger partial charge in [0.2, 0.25) is 0 Å². The van der Waals surface area contributed by atoms with E-state index in [0.29, 0.717) is 0 Å². The molecule has 0 atom stereocenters. The quantitative estimate of drug-likeness (QED) is 0.614. The molecule has 0 unspecified atom stereocenters. The largest absolute Gasteiger partial charge is 0.341 e. The van der Waals surface area contributed by atoms with Gasteiger partial charge in [-0.25, -0.2) is 4.39 Å². The van der Waals surface area contributed by atoms with E-state index in [1.54, 1.807) is 12.1 Å². The number of hydrogen-bond donors (Lipinski definition) is 0. The summed E-state index contributed by atoms with van der Waals surface area (Å²) in [6.07, 6.45) is 0. The highest BCUT2D eigenvalue weighted by Gasteiger charge is 2.12. The first kappa shape index (κ1) is 14.5. The molecule has 4 heteroatoms. The van der Waals surface area contributed by atoms with Gasteiger partial charge in [0, 0.05) is 27.7 Å². The fourth-order valence-electron chi connectivity index (χ4n) is 2.04. The van der Waals surface area contributed by atoms with E-state index in [4.69, 9.17) is 0 Å².